The summed E-state index contributed by atoms with van der Waals surface area (Å²) in [5, 5.41) is 11.2. The normalized spacial score (nSPS) is 19.7. The Morgan fingerprint density at radius 3 is 3.29 bits per heavy atom. The Morgan fingerprint density at radius 1 is 1.54 bits per heavy atom. The van der Waals surface area contributed by atoms with E-state index in [4.69, 9.17) is 16.3 Å². The maximum Gasteiger partial charge on any atom is 0.227 e. The number of aromatic nitrogens is 2. The third-order valence-corrected chi connectivity index (χ3v) is 4.83. The molecule has 24 heavy (non-hydrogen) atoms. The Kier molecular flexibility index (Phi) is 3.84. The van der Waals surface area contributed by atoms with E-state index in [0.29, 0.717) is 24.7 Å². The molecule has 1 amide bonds. The molecule has 126 valence electrons. The first-order valence-electron chi connectivity index (χ1n) is 8.13. The fourth-order valence-corrected chi connectivity index (χ4v) is 3.58. The van der Waals surface area contributed by atoms with E-state index in [-0.39, 0.29) is 17.9 Å². The van der Waals surface area contributed by atoms with Crippen molar-refractivity contribution in [3.05, 3.63) is 40.5 Å². The number of hydrogen-bond acceptors (Lipinski definition) is 4. The molecule has 2 N–H and O–H groups in total. The van der Waals surface area contributed by atoms with Crippen LogP contribution in [0.4, 0.5) is 5.82 Å². The molecular formula is C17H19ClN4O2. The van der Waals surface area contributed by atoms with Crippen molar-refractivity contribution in [2.45, 2.75) is 25.9 Å². The Morgan fingerprint density at radius 2 is 2.42 bits per heavy atom. The molecule has 0 radical (unpaired) electrons. The fraction of sp³-hybridized carbons (Fsp3) is 0.412. The van der Waals surface area contributed by atoms with Crippen LogP contribution in [0.3, 0.4) is 0 Å². The van der Waals surface area contributed by atoms with Crippen LogP contribution in [-0.2, 0) is 17.8 Å². The van der Waals surface area contributed by atoms with E-state index in [1.54, 1.807) is 6.20 Å². The van der Waals surface area contributed by atoms with E-state index in [2.05, 4.69) is 15.7 Å². The molecule has 1 aromatic heterocycles. The second-order valence-electron chi connectivity index (χ2n) is 6.29. The Hall–Kier alpha value is -2.21. The van der Waals surface area contributed by atoms with E-state index in [0.717, 1.165) is 29.1 Å². The second-order valence-corrected chi connectivity index (χ2v) is 6.72. The lowest BCUT2D eigenvalue weighted by Crippen LogP contribution is -2.41. The molecule has 2 aliphatic rings. The highest BCUT2D eigenvalue weighted by atomic mass is 35.5. The highest BCUT2D eigenvalue weighted by Crippen LogP contribution is 2.36. The van der Waals surface area contributed by atoms with Crippen LogP contribution in [-0.4, -0.2) is 28.8 Å². The van der Waals surface area contributed by atoms with Crippen molar-refractivity contribution in [1.29, 1.82) is 0 Å². The van der Waals surface area contributed by atoms with Gasteiger partial charge in [0.25, 0.3) is 0 Å². The molecule has 6 nitrogen and oxygen atoms in total. The Labute approximate surface area is 145 Å². The number of fused-ring (bicyclic) bond motifs is 2. The lowest BCUT2D eigenvalue weighted by atomic mass is 10.0. The van der Waals surface area contributed by atoms with Gasteiger partial charge in [-0.25, -0.2) is 4.68 Å². The summed E-state index contributed by atoms with van der Waals surface area (Å²) in [6.45, 7) is 3.81. The molecule has 1 aromatic carbocycles. The number of nitrogens with one attached hydrogen (secondary N) is 2. The number of carbonyl (C=O) groups excluding carboxylic acids is 1. The zero-order valence-electron chi connectivity index (χ0n) is 13.4. The van der Waals surface area contributed by atoms with Crippen molar-refractivity contribution >= 4 is 23.3 Å². The number of halogens is 1. The summed E-state index contributed by atoms with van der Waals surface area (Å²) in [5.41, 5.74) is 2.05. The number of anilines is 1. The lowest BCUT2D eigenvalue weighted by Gasteiger charge is -2.26. The summed E-state index contributed by atoms with van der Waals surface area (Å²) in [7, 11) is 0. The summed E-state index contributed by atoms with van der Waals surface area (Å²) in [6.07, 6.45) is 2.59. The Bertz CT molecular complexity index is 789. The van der Waals surface area contributed by atoms with Gasteiger partial charge in [0.05, 0.1) is 31.3 Å². The molecule has 0 spiro atoms. The quantitative estimate of drug-likeness (QED) is 0.895. The summed E-state index contributed by atoms with van der Waals surface area (Å²) in [5.74, 6) is 1.66. The van der Waals surface area contributed by atoms with E-state index in [1.807, 2.05) is 29.8 Å². The fourth-order valence-electron chi connectivity index (χ4n) is 3.33. The SMILES string of the molecule is CC(NC(=O)C1CNc2ccnn2C1)c1cc(Cl)cc2c1OCC2. The zero-order valence-corrected chi connectivity index (χ0v) is 14.1. The number of nitrogens with zero attached hydrogens (tertiary/aromatic N) is 2. The topological polar surface area (TPSA) is 68.2 Å². The van der Waals surface area contributed by atoms with Crippen LogP contribution in [0.5, 0.6) is 5.75 Å². The van der Waals surface area contributed by atoms with Gasteiger partial charge < -0.3 is 15.4 Å². The van der Waals surface area contributed by atoms with Crippen molar-refractivity contribution in [3.8, 4) is 5.75 Å². The van der Waals surface area contributed by atoms with Gasteiger partial charge in [0.15, 0.2) is 0 Å². The lowest BCUT2D eigenvalue weighted by molar-refractivity contribution is -0.125. The van der Waals surface area contributed by atoms with Gasteiger partial charge in [-0.2, -0.15) is 5.10 Å². The number of rotatable bonds is 3. The van der Waals surface area contributed by atoms with Crippen LogP contribution in [0.15, 0.2) is 24.4 Å². The van der Waals surface area contributed by atoms with E-state index < -0.39 is 0 Å². The predicted octanol–water partition coefficient (Wildman–Crippen LogP) is 2.39. The van der Waals surface area contributed by atoms with Gasteiger partial charge in [0.1, 0.15) is 11.6 Å². The number of carbonyl (C=O) groups is 1. The van der Waals surface area contributed by atoms with Crippen LogP contribution in [0.2, 0.25) is 5.02 Å². The molecule has 0 saturated carbocycles. The maximum absolute atomic E-state index is 12.6. The first-order chi connectivity index (χ1) is 11.6. The van der Waals surface area contributed by atoms with Crippen molar-refractivity contribution in [2.24, 2.45) is 5.92 Å². The molecule has 0 aliphatic carbocycles. The smallest absolute Gasteiger partial charge is 0.227 e. The van der Waals surface area contributed by atoms with Crippen molar-refractivity contribution in [3.63, 3.8) is 0 Å². The first-order valence-corrected chi connectivity index (χ1v) is 8.51. The van der Waals surface area contributed by atoms with Crippen molar-refractivity contribution in [2.75, 3.05) is 18.5 Å². The zero-order chi connectivity index (χ0) is 16.7. The first kappa shape index (κ1) is 15.3. The summed E-state index contributed by atoms with van der Waals surface area (Å²) in [4.78, 5) is 12.6. The molecule has 0 saturated heterocycles. The molecule has 4 rings (SSSR count). The average Bonchev–Trinajstić information content (AvgIpc) is 3.21. The molecule has 0 bridgehead atoms. The van der Waals surface area contributed by atoms with Crippen LogP contribution in [0.25, 0.3) is 0 Å². The largest absolute Gasteiger partial charge is 0.493 e. The third kappa shape index (κ3) is 2.71. The molecule has 7 heteroatoms. The standard InChI is InChI=1S/C17H19ClN4O2/c1-10(14-7-13(18)6-11-3-5-24-16(11)14)21-17(23)12-8-19-15-2-4-20-22(15)9-12/h2,4,6-7,10,12,19H,3,5,8-9H2,1H3,(H,21,23). The van der Waals surface area contributed by atoms with E-state index >= 15 is 0 Å². The molecule has 2 aliphatic heterocycles. The maximum atomic E-state index is 12.6. The monoisotopic (exact) mass is 346 g/mol. The Balaban J connectivity index is 1.49. The molecule has 2 aromatic rings. The molecular weight excluding hydrogens is 328 g/mol. The van der Waals surface area contributed by atoms with E-state index in [1.165, 1.54) is 0 Å². The molecule has 3 heterocycles. The van der Waals surface area contributed by atoms with Gasteiger partial charge in [-0.05, 0) is 24.6 Å². The van der Waals surface area contributed by atoms with Crippen LogP contribution in [0, 0.1) is 5.92 Å². The van der Waals surface area contributed by atoms with Crippen molar-refractivity contribution < 1.29 is 9.53 Å². The van der Waals surface area contributed by atoms with Crippen LogP contribution < -0.4 is 15.4 Å². The molecule has 0 fully saturated rings. The summed E-state index contributed by atoms with van der Waals surface area (Å²) >= 11 is 6.21. The van der Waals surface area contributed by atoms with Gasteiger partial charge >= 0.3 is 0 Å². The minimum Gasteiger partial charge on any atom is -0.493 e. The van der Waals surface area contributed by atoms with Crippen LogP contribution >= 0.6 is 11.6 Å². The summed E-state index contributed by atoms with van der Waals surface area (Å²) in [6, 6.07) is 5.55. The van der Waals surface area contributed by atoms with Gasteiger partial charge in [0.2, 0.25) is 5.91 Å². The number of ether oxygens (including phenoxy) is 1. The van der Waals surface area contributed by atoms with Gasteiger partial charge in [-0.15, -0.1) is 0 Å². The highest BCUT2D eigenvalue weighted by Gasteiger charge is 2.28. The molecule has 2 atom stereocenters. The van der Waals surface area contributed by atoms with Gasteiger partial charge in [-0.3, -0.25) is 4.79 Å². The summed E-state index contributed by atoms with van der Waals surface area (Å²) < 4.78 is 7.55. The minimum atomic E-state index is -0.165. The van der Waals surface area contributed by atoms with Gasteiger partial charge in [0, 0.05) is 29.6 Å². The minimum absolute atomic E-state index is 0.00266. The molecule has 2 unspecified atom stereocenters. The number of amides is 1. The predicted molar refractivity (Wildman–Crippen MR) is 91.4 cm³/mol. The number of benzene rings is 1. The average molecular weight is 347 g/mol. The second kappa shape index (κ2) is 6.02. The third-order valence-electron chi connectivity index (χ3n) is 4.61. The van der Waals surface area contributed by atoms with Crippen LogP contribution in [0.1, 0.15) is 24.1 Å². The number of hydrogen-bond donors (Lipinski definition) is 2. The van der Waals surface area contributed by atoms with E-state index in [9.17, 15) is 4.79 Å². The highest BCUT2D eigenvalue weighted by molar-refractivity contribution is 6.30. The van der Waals surface area contributed by atoms with Gasteiger partial charge in [-0.1, -0.05) is 11.6 Å². The van der Waals surface area contributed by atoms with Crippen molar-refractivity contribution in [1.82, 2.24) is 15.1 Å².